The molecular formula is C16H25Br2N. The van der Waals surface area contributed by atoms with Gasteiger partial charge in [0.15, 0.2) is 0 Å². The molecule has 1 aromatic rings. The number of nitrogens with one attached hydrogen (secondary N) is 1. The number of halogens is 2. The molecule has 1 nitrogen and oxygen atoms in total. The van der Waals surface area contributed by atoms with Crippen molar-refractivity contribution in [3.63, 3.8) is 0 Å². The zero-order valence-corrected chi connectivity index (χ0v) is 15.0. The van der Waals surface area contributed by atoms with E-state index < -0.39 is 0 Å². The highest BCUT2D eigenvalue weighted by Gasteiger charge is 1.97. The monoisotopic (exact) mass is 389 g/mol. The molecule has 0 heterocycles. The zero-order chi connectivity index (χ0) is 13.9. The van der Waals surface area contributed by atoms with Crippen molar-refractivity contribution in [3.8, 4) is 0 Å². The van der Waals surface area contributed by atoms with Crippen molar-refractivity contribution < 1.29 is 0 Å². The summed E-state index contributed by atoms with van der Waals surface area (Å²) in [5, 5.41) is 3.48. The molecule has 19 heavy (non-hydrogen) atoms. The largest absolute Gasteiger partial charge is 0.385 e. The Hall–Kier alpha value is -0.0200. The van der Waals surface area contributed by atoms with E-state index in [1.54, 1.807) is 0 Å². The van der Waals surface area contributed by atoms with Crippen LogP contribution in [0.2, 0.25) is 0 Å². The van der Waals surface area contributed by atoms with Crippen LogP contribution in [0, 0.1) is 0 Å². The first-order valence-electron chi connectivity index (χ1n) is 7.42. The van der Waals surface area contributed by atoms with Gasteiger partial charge >= 0.3 is 0 Å². The fraction of sp³-hybridized carbons (Fsp3) is 0.625. The van der Waals surface area contributed by atoms with Gasteiger partial charge in [0.05, 0.1) is 0 Å². The molecule has 1 rings (SSSR count). The Morgan fingerprint density at radius 1 is 0.789 bits per heavy atom. The van der Waals surface area contributed by atoms with Crippen molar-refractivity contribution in [1.29, 1.82) is 0 Å². The van der Waals surface area contributed by atoms with E-state index in [1.165, 1.54) is 57.1 Å². The topological polar surface area (TPSA) is 12.0 Å². The van der Waals surface area contributed by atoms with Gasteiger partial charge in [-0.2, -0.15) is 0 Å². The molecule has 0 amide bonds. The summed E-state index contributed by atoms with van der Waals surface area (Å²) in [6.45, 7) is 3.34. The predicted molar refractivity (Wildman–Crippen MR) is 92.9 cm³/mol. The zero-order valence-electron chi connectivity index (χ0n) is 11.9. The Morgan fingerprint density at radius 2 is 1.32 bits per heavy atom. The first-order chi connectivity index (χ1) is 9.22. The Balaban J connectivity index is 2.01. The molecule has 0 aliphatic heterocycles. The standard InChI is InChI=1S/C16H25Br2N/c1-2-3-4-5-6-7-8-9-10-19-16-12-14(17)11-15(18)13-16/h11-13,19H,2-10H2,1H3. The Kier molecular flexibility index (Phi) is 9.62. The van der Waals surface area contributed by atoms with Crippen molar-refractivity contribution in [2.45, 2.75) is 58.3 Å². The van der Waals surface area contributed by atoms with E-state index in [4.69, 9.17) is 0 Å². The second kappa shape index (κ2) is 10.7. The highest BCUT2D eigenvalue weighted by atomic mass is 79.9. The first-order valence-corrected chi connectivity index (χ1v) is 9.01. The molecule has 0 saturated heterocycles. The van der Waals surface area contributed by atoms with Gasteiger partial charge in [-0.25, -0.2) is 0 Å². The minimum atomic E-state index is 1.07. The summed E-state index contributed by atoms with van der Waals surface area (Å²) in [7, 11) is 0. The predicted octanol–water partition coefficient (Wildman–Crippen LogP) is 6.76. The molecule has 0 aliphatic carbocycles. The normalized spacial score (nSPS) is 10.7. The minimum absolute atomic E-state index is 1.07. The molecule has 0 radical (unpaired) electrons. The quantitative estimate of drug-likeness (QED) is 0.435. The highest BCUT2D eigenvalue weighted by Crippen LogP contribution is 2.23. The maximum absolute atomic E-state index is 3.51. The number of hydrogen-bond acceptors (Lipinski definition) is 1. The van der Waals surface area contributed by atoms with E-state index in [9.17, 15) is 0 Å². The van der Waals surface area contributed by atoms with Crippen LogP contribution < -0.4 is 5.32 Å². The van der Waals surface area contributed by atoms with Crippen molar-refractivity contribution in [2.75, 3.05) is 11.9 Å². The van der Waals surface area contributed by atoms with Crippen LogP contribution in [-0.4, -0.2) is 6.54 Å². The molecule has 0 unspecified atom stereocenters. The highest BCUT2D eigenvalue weighted by molar-refractivity contribution is 9.11. The molecule has 1 aromatic carbocycles. The van der Waals surface area contributed by atoms with Crippen molar-refractivity contribution in [1.82, 2.24) is 0 Å². The molecule has 0 spiro atoms. The molecule has 0 fully saturated rings. The number of anilines is 1. The van der Waals surface area contributed by atoms with E-state index in [2.05, 4.69) is 62.3 Å². The molecule has 0 aliphatic rings. The maximum Gasteiger partial charge on any atom is 0.0362 e. The van der Waals surface area contributed by atoms with Crippen LogP contribution in [-0.2, 0) is 0 Å². The van der Waals surface area contributed by atoms with E-state index in [0.717, 1.165) is 15.5 Å². The van der Waals surface area contributed by atoms with Gasteiger partial charge in [0.25, 0.3) is 0 Å². The fourth-order valence-corrected chi connectivity index (χ4v) is 3.44. The van der Waals surface area contributed by atoms with Crippen LogP contribution >= 0.6 is 31.9 Å². The Morgan fingerprint density at radius 3 is 1.89 bits per heavy atom. The van der Waals surface area contributed by atoms with Crippen LogP contribution in [0.1, 0.15) is 58.3 Å². The van der Waals surface area contributed by atoms with E-state index in [-0.39, 0.29) is 0 Å². The van der Waals surface area contributed by atoms with E-state index >= 15 is 0 Å². The second-order valence-electron chi connectivity index (χ2n) is 5.06. The molecule has 108 valence electrons. The number of hydrogen-bond donors (Lipinski definition) is 1. The SMILES string of the molecule is CCCCCCCCCCNc1cc(Br)cc(Br)c1. The lowest BCUT2D eigenvalue weighted by molar-refractivity contribution is 0.581. The summed E-state index contributed by atoms with van der Waals surface area (Å²) < 4.78 is 2.22. The third kappa shape index (κ3) is 8.69. The summed E-state index contributed by atoms with van der Waals surface area (Å²) in [5.74, 6) is 0. The molecule has 0 bridgehead atoms. The van der Waals surface area contributed by atoms with Crippen molar-refractivity contribution in [3.05, 3.63) is 27.1 Å². The van der Waals surface area contributed by atoms with Gasteiger partial charge in [0.1, 0.15) is 0 Å². The Bertz CT molecular complexity index is 332. The van der Waals surface area contributed by atoms with E-state index in [0.29, 0.717) is 0 Å². The van der Waals surface area contributed by atoms with Crippen LogP contribution in [0.4, 0.5) is 5.69 Å². The van der Waals surface area contributed by atoms with Crippen LogP contribution in [0.15, 0.2) is 27.1 Å². The summed E-state index contributed by atoms with van der Waals surface area (Å²) in [5.41, 5.74) is 1.18. The smallest absolute Gasteiger partial charge is 0.0362 e. The molecular weight excluding hydrogens is 366 g/mol. The number of benzene rings is 1. The van der Waals surface area contributed by atoms with Gasteiger partial charge < -0.3 is 5.32 Å². The third-order valence-corrected chi connectivity index (χ3v) is 4.14. The summed E-state index contributed by atoms with van der Waals surface area (Å²) >= 11 is 7.01. The molecule has 3 heteroatoms. The van der Waals surface area contributed by atoms with E-state index in [1.807, 2.05) is 0 Å². The molecule has 1 N–H and O–H groups in total. The molecule has 0 saturated carbocycles. The van der Waals surface area contributed by atoms with Gasteiger partial charge in [-0.1, -0.05) is 83.7 Å². The summed E-state index contributed by atoms with van der Waals surface area (Å²) in [6, 6.07) is 6.30. The summed E-state index contributed by atoms with van der Waals surface area (Å²) in [6.07, 6.45) is 11.0. The fourth-order valence-electron chi connectivity index (χ4n) is 2.15. The lowest BCUT2D eigenvalue weighted by atomic mass is 10.1. The summed E-state index contributed by atoms with van der Waals surface area (Å²) in [4.78, 5) is 0. The van der Waals surface area contributed by atoms with Gasteiger partial charge in [0.2, 0.25) is 0 Å². The average Bonchev–Trinajstić information content (AvgIpc) is 2.36. The van der Waals surface area contributed by atoms with Crippen LogP contribution in [0.3, 0.4) is 0 Å². The maximum atomic E-state index is 3.51. The van der Waals surface area contributed by atoms with Crippen molar-refractivity contribution in [2.24, 2.45) is 0 Å². The average molecular weight is 391 g/mol. The van der Waals surface area contributed by atoms with Gasteiger partial charge in [-0.05, 0) is 24.6 Å². The van der Waals surface area contributed by atoms with Crippen LogP contribution in [0.5, 0.6) is 0 Å². The molecule has 0 aromatic heterocycles. The van der Waals surface area contributed by atoms with Gasteiger partial charge in [-0.15, -0.1) is 0 Å². The van der Waals surface area contributed by atoms with Crippen molar-refractivity contribution >= 4 is 37.5 Å². The second-order valence-corrected chi connectivity index (χ2v) is 6.89. The minimum Gasteiger partial charge on any atom is -0.385 e. The Labute approximate surface area is 134 Å². The first kappa shape index (κ1) is 17.0. The van der Waals surface area contributed by atoms with Crippen LogP contribution in [0.25, 0.3) is 0 Å². The third-order valence-electron chi connectivity index (χ3n) is 3.22. The lowest BCUT2D eigenvalue weighted by Gasteiger charge is -2.07. The van der Waals surface area contributed by atoms with Gasteiger partial charge in [0, 0.05) is 21.2 Å². The number of rotatable bonds is 10. The molecule has 0 atom stereocenters. The van der Waals surface area contributed by atoms with Gasteiger partial charge in [-0.3, -0.25) is 0 Å². The number of unbranched alkanes of at least 4 members (excludes halogenated alkanes) is 7. The lowest BCUT2D eigenvalue weighted by Crippen LogP contribution is -2.01.